The maximum Gasteiger partial charge on any atom is 0.178 e. The summed E-state index contributed by atoms with van der Waals surface area (Å²) >= 11 is 0. The molecule has 3 saturated carbocycles. The highest BCUT2D eigenvalue weighted by atomic mass is 19.1. The number of nitrogens with zero attached hydrogens (tertiary/aromatic N) is 1. The lowest BCUT2D eigenvalue weighted by Crippen LogP contribution is -2.72. The lowest BCUT2D eigenvalue weighted by molar-refractivity contribution is -0.242. The highest BCUT2D eigenvalue weighted by Gasteiger charge is 2.82. The van der Waals surface area contributed by atoms with Gasteiger partial charge in [0.2, 0.25) is 0 Å². The number of hydrogen-bond acceptors (Lipinski definition) is 5. The Bertz CT molecular complexity index is 1270. The summed E-state index contributed by atoms with van der Waals surface area (Å²) in [6.45, 7) is 7.36. The standard InChI is InChI=1S/C30H36F3NO4/c1-17-5-6-20(38-17)15-34-14-18-11-27(3)23-10-22(32)21-9-19(35)7-8-26(21,2)30(23,33)24(36)12-28(27,4)29(18,16-34)25(37)13-31/h5-9,18,22-24,36H,10-16H2,1-4H3/t18-,22-,23-,24-,26-,27-,28-,29+,30-/m0/s1. The number of aliphatic hydroxyl groups excluding tert-OH is 1. The largest absolute Gasteiger partial charge is 0.465 e. The Hall–Kier alpha value is -2.19. The minimum atomic E-state index is -2.24. The van der Waals surface area contributed by atoms with Gasteiger partial charge in [0.1, 0.15) is 24.4 Å². The molecule has 4 fully saturated rings. The normalized spacial score (nSPS) is 47.8. The van der Waals surface area contributed by atoms with E-state index in [4.69, 9.17) is 4.42 Å². The third-order valence-corrected chi connectivity index (χ3v) is 11.8. The number of allylic oxidation sites excluding steroid dienone is 4. The summed E-state index contributed by atoms with van der Waals surface area (Å²) in [4.78, 5) is 27.8. The molecular formula is C30H36F3NO4. The minimum absolute atomic E-state index is 0.0476. The topological polar surface area (TPSA) is 70.8 Å². The Kier molecular flexibility index (Phi) is 5.44. The van der Waals surface area contributed by atoms with Gasteiger partial charge >= 0.3 is 0 Å². The van der Waals surface area contributed by atoms with Crippen molar-refractivity contribution < 1.29 is 32.3 Å². The molecule has 0 radical (unpaired) electrons. The van der Waals surface area contributed by atoms with E-state index in [9.17, 15) is 19.1 Å². The summed E-state index contributed by atoms with van der Waals surface area (Å²) < 4.78 is 53.5. The van der Waals surface area contributed by atoms with E-state index in [1.807, 2.05) is 32.9 Å². The van der Waals surface area contributed by atoms with Gasteiger partial charge in [0, 0.05) is 24.4 Å². The van der Waals surface area contributed by atoms with Crippen LogP contribution in [0.25, 0.3) is 0 Å². The molecule has 1 saturated heterocycles. The first-order valence-electron chi connectivity index (χ1n) is 13.6. The van der Waals surface area contributed by atoms with Gasteiger partial charge in [-0.1, -0.05) is 19.9 Å². The van der Waals surface area contributed by atoms with E-state index < -0.39 is 63.8 Å². The Morgan fingerprint density at radius 2 is 1.97 bits per heavy atom. The zero-order valence-electron chi connectivity index (χ0n) is 22.4. The van der Waals surface area contributed by atoms with Gasteiger partial charge in [-0.15, -0.1) is 0 Å². The van der Waals surface area contributed by atoms with Crippen LogP contribution in [0.4, 0.5) is 13.2 Å². The summed E-state index contributed by atoms with van der Waals surface area (Å²) in [5.74, 6) is -0.566. The number of aliphatic hydroxyl groups is 1. The van der Waals surface area contributed by atoms with E-state index in [1.165, 1.54) is 18.2 Å². The number of carbonyl (C=O) groups excluding carboxylic acids is 2. The van der Waals surface area contributed by atoms with Crippen LogP contribution in [0.1, 0.15) is 51.6 Å². The highest BCUT2D eigenvalue weighted by Crippen LogP contribution is 2.79. The van der Waals surface area contributed by atoms with Gasteiger partial charge in [0.15, 0.2) is 17.2 Å². The summed E-state index contributed by atoms with van der Waals surface area (Å²) in [6, 6.07) is 3.76. The zero-order chi connectivity index (χ0) is 27.5. The number of fused-ring (bicyclic) bond motifs is 7. The molecule has 4 aliphatic carbocycles. The molecule has 5 aliphatic rings. The number of carbonyl (C=O) groups is 2. The van der Waals surface area contributed by atoms with Gasteiger partial charge < -0.3 is 9.52 Å². The van der Waals surface area contributed by atoms with Crippen LogP contribution in [0.15, 0.2) is 40.4 Å². The smallest absolute Gasteiger partial charge is 0.178 e. The molecule has 1 N–H and O–H groups in total. The van der Waals surface area contributed by atoms with Gasteiger partial charge in [0.05, 0.1) is 18.1 Å². The first-order chi connectivity index (χ1) is 17.8. The summed E-state index contributed by atoms with van der Waals surface area (Å²) in [5, 5.41) is 11.7. The molecule has 0 bridgehead atoms. The van der Waals surface area contributed by atoms with Crippen LogP contribution in [-0.4, -0.2) is 59.3 Å². The Morgan fingerprint density at radius 3 is 2.63 bits per heavy atom. The van der Waals surface area contributed by atoms with Crippen molar-refractivity contribution in [3.05, 3.63) is 47.5 Å². The molecule has 1 aromatic heterocycles. The number of hydrogen-bond donors (Lipinski definition) is 1. The maximum atomic E-state index is 17.6. The SMILES string of the molecule is Cc1ccc(CN2C[C@@H]3C[C@@]4(C)[C@@H]5C[C@H](F)C6=CC(=O)C=C[C@]6(C)[C@@]5(F)[C@@H](O)C[C@]4(C)[C@]3(C(=O)CF)C2)o1. The molecule has 2 heterocycles. The molecule has 9 atom stereocenters. The van der Waals surface area contributed by atoms with Crippen LogP contribution in [0.3, 0.4) is 0 Å². The zero-order valence-corrected chi connectivity index (χ0v) is 22.4. The van der Waals surface area contributed by atoms with E-state index in [-0.39, 0.29) is 30.9 Å². The second-order valence-corrected chi connectivity index (χ2v) is 13.1. The van der Waals surface area contributed by atoms with Crippen LogP contribution >= 0.6 is 0 Å². The van der Waals surface area contributed by atoms with Gasteiger partial charge in [-0.2, -0.15) is 0 Å². The fourth-order valence-corrected chi connectivity index (χ4v) is 9.89. The summed E-state index contributed by atoms with van der Waals surface area (Å²) in [6.07, 6.45) is 0.972. The average molecular weight is 532 g/mol. The summed E-state index contributed by atoms with van der Waals surface area (Å²) in [5.41, 5.74) is -6.64. The maximum absolute atomic E-state index is 17.6. The quantitative estimate of drug-likeness (QED) is 0.601. The molecular weight excluding hydrogens is 495 g/mol. The van der Waals surface area contributed by atoms with Gasteiger partial charge in [-0.05, 0) is 79.7 Å². The van der Waals surface area contributed by atoms with Crippen molar-refractivity contribution >= 4 is 11.6 Å². The van der Waals surface area contributed by atoms with E-state index >= 15 is 8.78 Å². The number of likely N-dealkylation sites (tertiary alicyclic amines) is 1. The first kappa shape index (κ1) is 26.1. The second kappa shape index (κ2) is 7.94. The molecule has 0 aromatic carbocycles. The number of furan rings is 1. The number of halogens is 3. The Labute approximate surface area is 221 Å². The van der Waals surface area contributed by atoms with Crippen LogP contribution in [-0.2, 0) is 16.1 Å². The van der Waals surface area contributed by atoms with Gasteiger partial charge in [-0.25, -0.2) is 13.2 Å². The minimum Gasteiger partial charge on any atom is -0.465 e. The lowest BCUT2D eigenvalue weighted by atomic mass is 9.38. The highest BCUT2D eigenvalue weighted by molar-refractivity contribution is 6.01. The number of ketones is 2. The second-order valence-electron chi connectivity index (χ2n) is 13.1. The monoisotopic (exact) mass is 531 g/mol. The molecule has 6 rings (SSSR count). The van der Waals surface area contributed by atoms with Crippen LogP contribution in [0.5, 0.6) is 0 Å². The van der Waals surface area contributed by atoms with Gasteiger partial charge in [0.25, 0.3) is 0 Å². The number of aryl methyl sites for hydroxylation is 1. The number of rotatable bonds is 4. The molecule has 38 heavy (non-hydrogen) atoms. The van der Waals surface area contributed by atoms with Crippen molar-refractivity contribution in [1.82, 2.24) is 4.90 Å². The van der Waals surface area contributed by atoms with Crippen LogP contribution in [0, 0.1) is 40.4 Å². The van der Waals surface area contributed by atoms with Crippen molar-refractivity contribution in [3.63, 3.8) is 0 Å². The van der Waals surface area contributed by atoms with E-state index in [1.54, 1.807) is 6.92 Å². The summed E-state index contributed by atoms with van der Waals surface area (Å²) in [7, 11) is 0. The molecule has 0 amide bonds. The van der Waals surface area contributed by atoms with Crippen molar-refractivity contribution in [1.29, 1.82) is 0 Å². The third kappa shape index (κ3) is 2.86. The Balaban J connectivity index is 1.45. The van der Waals surface area contributed by atoms with Crippen molar-refractivity contribution in [2.75, 3.05) is 19.8 Å². The van der Waals surface area contributed by atoms with Crippen molar-refractivity contribution in [2.24, 2.45) is 33.5 Å². The van der Waals surface area contributed by atoms with E-state index in [0.29, 0.717) is 19.5 Å². The molecule has 206 valence electrons. The molecule has 5 nitrogen and oxygen atoms in total. The van der Waals surface area contributed by atoms with Crippen LogP contribution < -0.4 is 0 Å². The molecule has 1 aromatic rings. The first-order valence-corrected chi connectivity index (χ1v) is 13.6. The number of alkyl halides is 3. The predicted octanol–water partition coefficient (Wildman–Crippen LogP) is 4.86. The lowest BCUT2D eigenvalue weighted by Gasteiger charge is -2.67. The predicted molar refractivity (Wildman–Crippen MR) is 134 cm³/mol. The fraction of sp³-hybridized carbons (Fsp3) is 0.667. The molecule has 8 heteroatoms. The Morgan fingerprint density at radius 1 is 1.24 bits per heavy atom. The van der Waals surface area contributed by atoms with E-state index in [0.717, 1.165) is 11.5 Å². The molecule has 0 unspecified atom stereocenters. The average Bonchev–Trinajstić information content (AvgIpc) is 3.48. The van der Waals surface area contributed by atoms with Crippen molar-refractivity contribution in [3.8, 4) is 0 Å². The van der Waals surface area contributed by atoms with Crippen LogP contribution in [0.2, 0.25) is 0 Å². The number of Topliss-reactive ketones (excluding diaryl/α,β-unsaturated/α-hetero) is 1. The van der Waals surface area contributed by atoms with E-state index in [2.05, 4.69) is 4.90 Å². The molecule has 1 aliphatic heterocycles. The third-order valence-electron chi connectivity index (χ3n) is 11.8. The van der Waals surface area contributed by atoms with Crippen molar-refractivity contribution in [2.45, 2.75) is 71.4 Å². The van der Waals surface area contributed by atoms with Gasteiger partial charge in [-0.3, -0.25) is 14.5 Å². The molecule has 0 spiro atoms. The fourth-order valence-electron chi connectivity index (χ4n) is 9.89.